The van der Waals surface area contributed by atoms with Gasteiger partial charge in [0.2, 0.25) is 11.8 Å². The highest BCUT2D eigenvalue weighted by molar-refractivity contribution is 5.82. The highest BCUT2D eigenvalue weighted by Gasteiger charge is 2.24. The molecule has 1 saturated heterocycles. The lowest BCUT2D eigenvalue weighted by atomic mass is 10.1. The van der Waals surface area contributed by atoms with Crippen LogP contribution >= 0.6 is 0 Å². The van der Waals surface area contributed by atoms with Crippen LogP contribution in [0.25, 0.3) is 11.0 Å². The van der Waals surface area contributed by atoms with Gasteiger partial charge < -0.3 is 19.9 Å². The molecule has 0 spiro atoms. The van der Waals surface area contributed by atoms with Crippen LogP contribution < -0.4 is 10.6 Å². The number of nitrogens with one attached hydrogen (secondary N) is 2. The highest BCUT2D eigenvalue weighted by atomic mass is 16.5. The van der Waals surface area contributed by atoms with Crippen LogP contribution in [-0.4, -0.2) is 34.1 Å². The van der Waals surface area contributed by atoms with E-state index in [2.05, 4.69) is 15.6 Å². The third-order valence-electron chi connectivity index (χ3n) is 5.36. The molecule has 0 radical (unpaired) electrons. The Labute approximate surface area is 175 Å². The molecular weight excluding hydrogens is 380 g/mol. The lowest BCUT2D eigenvalue weighted by molar-refractivity contribution is -0.130. The Kier molecular flexibility index (Phi) is 6.09. The standard InChI is InChI=1S/C23H26N4O3/c1-16(17-8-3-2-4-9-17)25-22(28)15-27-19-11-6-5-10-18(19)26-21(27)14-24-23(29)20-12-7-13-30-20/h2-6,8-11,16,20H,7,12-15H2,1H3,(H,24,29)(H,25,28). The molecule has 30 heavy (non-hydrogen) atoms. The highest BCUT2D eigenvalue weighted by Crippen LogP contribution is 2.18. The summed E-state index contributed by atoms with van der Waals surface area (Å²) in [5.74, 6) is 0.402. The molecular formula is C23H26N4O3. The second kappa shape index (κ2) is 9.09. The summed E-state index contributed by atoms with van der Waals surface area (Å²) < 4.78 is 7.30. The molecule has 1 aromatic heterocycles. The lowest BCUT2D eigenvalue weighted by Gasteiger charge is -2.16. The Morgan fingerprint density at radius 1 is 1.17 bits per heavy atom. The zero-order valence-electron chi connectivity index (χ0n) is 17.0. The van der Waals surface area contributed by atoms with Crippen LogP contribution in [0.4, 0.5) is 0 Å². The van der Waals surface area contributed by atoms with Crippen molar-refractivity contribution in [3.05, 3.63) is 66.0 Å². The summed E-state index contributed by atoms with van der Waals surface area (Å²) in [5, 5.41) is 5.94. The van der Waals surface area contributed by atoms with E-state index in [4.69, 9.17) is 4.74 Å². The summed E-state index contributed by atoms with van der Waals surface area (Å²) in [6, 6.07) is 17.4. The minimum absolute atomic E-state index is 0.101. The molecule has 2 N–H and O–H groups in total. The van der Waals surface area contributed by atoms with Gasteiger partial charge in [-0.2, -0.15) is 0 Å². The summed E-state index contributed by atoms with van der Waals surface area (Å²) >= 11 is 0. The summed E-state index contributed by atoms with van der Waals surface area (Å²) in [6.07, 6.45) is 1.25. The van der Waals surface area contributed by atoms with Crippen molar-refractivity contribution in [2.24, 2.45) is 0 Å². The van der Waals surface area contributed by atoms with Crippen molar-refractivity contribution in [1.82, 2.24) is 20.2 Å². The molecule has 2 atom stereocenters. The summed E-state index contributed by atoms with van der Waals surface area (Å²) in [5.41, 5.74) is 2.70. The molecule has 2 amide bonds. The number of carbonyl (C=O) groups excluding carboxylic acids is 2. The predicted molar refractivity (Wildman–Crippen MR) is 114 cm³/mol. The predicted octanol–water partition coefficient (Wildman–Crippen LogP) is 2.71. The molecule has 2 heterocycles. The number of hydrogen-bond acceptors (Lipinski definition) is 4. The fraction of sp³-hybridized carbons (Fsp3) is 0.348. The van der Waals surface area contributed by atoms with Gasteiger partial charge >= 0.3 is 0 Å². The normalized spacial score (nSPS) is 17.0. The number of hydrogen-bond donors (Lipinski definition) is 2. The van der Waals surface area contributed by atoms with Crippen molar-refractivity contribution in [2.75, 3.05) is 6.61 Å². The maximum atomic E-state index is 12.8. The number of fused-ring (bicyclic) bond motifs is 1. The first-order valence-electron chi connectivity index (χ1n) is 10.3. The molecule has 2 aromatic carbocycles. The van der Waals surface area contributed by atoms with Gasteiger partial charge in [-0.05, 0) is 37.5 Å². The van der Waals surface area contributed by atoms with Crippen LogP contribution in [-0.2, 0) is 27.4 Å². The van der Waals surface area contributed by atoms with Crippen molar-refractivity contribution in [1.29, 1.82) is 0 Å². The zero-order valence-corrected chi connectivity index (χ0v) is 17.0. The van der Waals surface area contributed by atoms with E-state index in [0.29, 0.717) is 12.4 Å². The van der Waals surface area contributed by atoms with E-state index in [0.717, 1.165) is 29.4 Å². The number of carbonyl (C=O) groups is 2. The number of amides is 2. The molecule has 0 aliphatic carbocycles. The number of aromatic nitrogens is 2. The zero-order chi connectivity index (χ0) is 20.9. The maximum absolute atomic E-state index is 12.8. The van der Waals surface area contributed by atoms with Crippen molar-refractivity contribution >= 4 is 22.8 Å². The molecule has 2 unspecified atom stereocenters. The fourth-order valence-electron chi connectivity index (χ4n) is 3.76. The Hall–Kier alpha value is -3.19. The number of benzene rings is 2. The Morgan fingerprint density at radius 3 is 2.70 bits per heavy atom. The van der Waals surface area contributed by atoms with Crippen LogP contribution in [0, 0.1) is 0 Å². The van der Waals surface area contributed by atoms with Crippen LogP contribution in [0.2, 0.25) is 0 Å². The van der Waals surface area contributed by atoms with Gasteiger partial charge in [0, 0.05) is 6.61 Å². The molecule has 1 fully saturated rings. The molecule has 7 nitrogen and oxygen atoms in total. The molecule has 1 aliphatic heterocycles. The maximum Gasteiger partial charge on any atom is 0.249 e. The van der Waals surface area contributed by atoms with Gasteiger partial charge in [-0.25, -0.2) is 4.98 Å². The van der Waals surface area contributed by atoms with Crippen LogP contribution in [0.15, 0.2) is 54.6 Å². The molecule has 0 bridgehead atoms. The number of ether oxygens (including phenoxy) is 1. The number of imidazole rings is 1. The van der Waals surface area contributed by atoms with E-state index in [1.807, 2.05) is 66.1 Å². The molecule has 156 valence electrons. The van der Waals surface area contributed by atoms with E-state index in [-0.39, 0.29) is 30.9 Å². The van der Waals surface area contributed by atoms with Gasteiger partial charge in [-0.3, -0.25) is 9.59 Å². The fourth-order valence-corrected chi connectivity index (χ4v) is 3.76. The summed E-state index contributed by atoms with van der Waals surface area (Å²) in [4.78, 5) is 29.7. The third-order valence-corrected chi connectivity index (χ3v) is 5.36. The summed E-state index contributed by atoms with van der Waals surface area (Å²) in [7, 11) is 0. The van der Waals surface area contributed by atoms with Crippen LogP contribution in [0.1, 0.15) is 37.2 Å². The molecule has 3 aromatic rings. The van der Waals surface area contributed by atoms with Crippen molar-refractivity contribution in [3.63, 3.8) is 0 Å². The van der Waals surface area contributed by atoms with E-state index < -0.39 is 6.10 Å². The van der Waals surface area contributed by atoms with E-state index >= 15 is 0 Å². The van der Waals surface area contributed by atoms with E-state index in [1.54, 1.807) is 0 Å². The minimum atomic E-state index is -0.391. The first-order valence-corrected chi connectivity index (χ1v) is 10.3. The van der Waals surface area contributed by atoms with Crippen LogP contribution in [0.5, 0.6) is 0 Å². The number of rotatable bonds is 7. The monoisotopic (exact) mass is 406 g/mol. The van der Waals surface area contributed by atoms with Gasteiger partial charge in [-0.1, -0.05) is 42.5 Å². The topological polar surface area (TPSA) is 85.2 Å². The first kappa shape index (κ1) is 20.1. The molecule has 4 rings (SSSR count). The summed E-state index contributed by atoms with van der Waals surface area (Å²) in [6.45, 7) is 2.95. The minimum Gasteiger partial charge on any atom is -0.368 e. The third kappa shape index (κ3) is 4.52. The molecule has 1 aliphatic rings. The second-order valence-electron chi connectivity index (χ2n) is 7.52. The Bertz CT molecular complexity index is 1030. The molecule has 7 heteroatoms. The average molecular weight is 406 g/mol. The number of para-hydroxylation sites is 2. The average Bonchev–Trinajstić information content (AvgIpc) is 3.41. The number of nitrogens with zero attached hydrogens (tertiary/aromatic N) is 2. The van der Waals surface area contributed by atoms with E-state index in [1.165, 1.54) is 0 Å². The SMILES string of the molecule is CC(NC(=O)Cn1c(CNC(=O)C2CCCO2)nc2ccccc21)c1ccccc1. The smallest absolute Gasteiger partial charge is 0.249 e. The quantitative estimate of drug-likeness (QED) is 0.632. The molecule has 0 saturated carbocycles. The van der Waals surface area contributed by atoms with Gasteiger partial charge in [-0.15, -0.1) is 0 Å². The van der Waals surface area contributed by atoms with Gasteiger partial charge in [0.05, 0.1) is 23.6 Å². The largest absolute Gasteiger partial charge is 0.368 e. The van der Waals surface area contributed by atoms with Gasteiger partial charge in [0.25, 0.3) is 0 Å². The lowest BCUT2D eigenvalue weighted by Crippen LogP contribution is -2.35. The van der Waals surface area contributed by atoms with Crippen molar-refractivity contribution in [2.45, 2.75) is 45.0 Å². The first-order chi connectivity index (χ1) is 14.6. The van der Waals surface area contributed by atoms with Crippen molar-refractivity contribution in [3.8, 4) is 0 Å². The van der Waals surface area contributed by atoms with Gasteiger partial charge in [0.15, 0.2) is 0 Å². The van der Waals surface area contributed by atoms with Crippen molar-refractivity contribution < 1.29 is 14.3 Å². The Morgan fingerprint density at radius 2 is 1.93 bits per heavy atom. The second-order valence-corrected chi connectivity index (χ2v) is 7.52. The van der Waals surface area contributed by atoms with E-state index in [9.17, 15) is 9.59 Å². The van der Waals surface area contributed by atoms with Crippen LogP contribution in [0.3, 0.4) is 0 Å². The Balaban J connectivity index is 1.48. The van der Waals surface area contributed by atoms with Gasteiger partial charge in [0.1, 0.15) is 18.5 Å².